The van der Waals surface area contributed by atoms with Gasteiger partial charge >= 0.3 is 5.97 Å². The third-order valence-corrected chi connectivity index (χ3v) is 3.48. The summed E-state index contributed by atoms with van der Waals surface area (Å²) in [5, 5.41) is 8.60. The van der Waals surface area contributed by atoms with Gasteiger partial charge in [0.1, 0.15) is 11.8 Å². The monoisotopic (exact) mass is 269 g/mol. The summed E-state index contributed by atoms with van der Waals surface area (Å²) in [7, 11) is 0. The van der Waals surface area contributed by atoms with Crippen LogP contribution in [0.5, 0.6) is 5.75 Å². The minimum Gasteiger partial charge on any atom is -0.494 e. The standard InChI is InChI=1S/C13H19NO3S/c1-10-4-2-5-11(8-10)17-6-3-7-18-9-12(14)13(15)16/h2,4-5,8,12H,3,6-7,9,14H2,1H3,(H,15,16)/t12-/m0/s1. The Balaban J connectivity index is 2.07. The normalized spacial score (nSPS) is 12.1. The van der Waals surface area contributed by atoms with E-state index in [9.17, 15) is 4.79 Å². The molecule has 0 heterocycles. The second-order valence-corrected chi connectivity index (χ2v) is 5.19. The summed E-state index contributed by atoms with van der Waals surface area (Å²) in [4.78, 5) is 10.5. The molecule has 0 saturated carbocycles. The second-order valence-electron chi connectivity index (χ2n) is 4.04. The molecule has 0 bridgehead atoms. The average molecular weight is 269 g/mol. The van der Waals surface area contributed by atoms with Gasteiger partial charge < -0.3 is 15.6 Å². The van der Waals surface area contributed by atoms with E-state index in [-0.39, 0.29) is 0 Å². The quantitative estimate of drug-likeness (QED) is 0.705. The predicted molar refractivity (Wildman–Crippen MR) is 74.2 cm³/mol. The lowest BCUT2D eigenvalue weighted by Gasteiger charge is -2.08. The maximum absolute atomic E-state index is 10.5. The molecule has 0 unspecified atom stereocenters. The summed E-state index contributed by atoms with van der Waals surface area (Å²) < 4.78 is 5.58. The number of thioether (sulfide) groups is 1. The highest BCUT2D eigenvalue weighted by Crippen LogP contribution is 2.13. The van der Waals surface area contributed by atoms with E-state index in [1.54, 1.807) is 11.8 Å². The van der Waals surface area contributed by atoms with Crippen LogP contribution in [0.1, 0.15) is 12.0 Å². The smallest absolute Gasteiger partial charge is 0.321 e. The minimum absolute atomic E-state index is 0.444. The molecule has 18 heavy (non-hydrogen) atoms. The van der Waals surface area contributed by atoms with Crippen LogP contribution < -0.4 is 10.5 Å². The summed E-state index contributed by atoms with van der Waals surface area (Å²) in [6.45, 7) is 2.66. The van der Waals surface area contributed by atoms with E-state index in [1.807, 2.05) is 31.2 Å². The predicted octanol–water partition coefficient (Wildman–Crippen LogP) is 1.91. The molecule has 5 heteroatoms. The van der Waals surface area contributed by atoms with Gasteiger partial charge in [0.2, 0.25) is 0 Å². The van der Waals surface area contributed by atoms with Crippen LogP contribution in [0.3, 0.4) is 0 Å². The van der Waals surface area contributed by atoms with Gasteiger partial charge in [-0.1, -0.05) is 12.1 Å². The van der Waals surface area contributed by atoms with Crippen LogP contribution in [-0.4, -0.2) is 35.2 Å². The van der Waals surface area contributed by atoms with Gasteiger partial charge in [0.15, 0.2) is 0 Å². The highest BCUT2D eigenvalue weighted by molar-refractivity contribution is 7.99. The Kier molecular flexibility index (Phi) is 6.60. The van der Waals surface area contributed by atoms with Crippen LogP contribution in [0.2, 0.25) is 0 Å². The number of hydrogen-bond acceptors (Lipinski definition) is 4. The van der Waals surface area contributed by atoms with Gasteiger partial charge in [0, 0.05) is 5.75 Å². The zero-order valence-electron chi connectivity index (χ0n) is 10.5. The Labute approximate surface area is 112 Å². The molecule has 0 aliphatic rings. The molecule has 0 aliphatic carbocycles. The molecule has 0 saturated heterocycles. The van der Waals surface area contributed by atoms with E-state index in [0.717, 1.165) is 17.9 Å². The molecule has 1 aromatic rings. The van der Waals surface area contributed by atoms with Crippen molar-refractivity contribution in [1.82, 2.24) is 0 Å². The molecule has 4 nitrogen and oxygen atoms in total. The van der Waals surface area contributed by atoms with E-state index in [1.165, 1.54) is 5.56 Å². The number of hydrogen-bond donors (Lipinski definition) is 2. The molecular formula is C13H19NO3S. The molecule has 0 spiro atoms. The number of carbonyl (C=O) groups is 1. The molecule has 0 fully saturated rings. The summed E-state index contributed by atoms with van der Waals surface area (Å²) >= 11 is 1.54. The maximum Gasteiger partial charge on any atom is 0.321 e. The van der Waals surface area contributed by atoms with Crippen molar-refractivity contribution in [3.8, 4) is 5.75 Å². The van der Waals surface area contributed by atoms with Crippen LogP contribution in [-0.2, 0) is 4.79 Å². The molecule has 1 rings (SSSR count). The zero-order chi connectivity index (χ0) is 13.4. The number of rotatable bonds is 8. The SMILES string of the molecule is Cc1cccc(OCCCSC[C@H](N)C(=O)O)c1. The number of aliphatic carboxylic acids is 1. The molecule has 0 aromatic heterocycles. The van der Waals surface area contributed by atoms with Crippen LogP contribution >= 0.6 is 11.8 Å². The van der Waals surface area contributed by atoms with Crippen LogP contribution in [0, 0.1) is 6.92 Å². The molecular weight excluding hydrogens is 250 g/mol. The molecule has 1 aromatic carbocycles. The van der Waals surface area contributed by atoms with Crippen LogP contribution in [0.15, 0.2) is 24.3 Å². The summed E-state index contributed by atoms with van der Waals surface area (Å²) in [5.41, 5.74) is 6.56. The van der Waals surface area contributed by atoms with Gasteiger partial charge in [-0.3, -0.25) is 4.79 Å². The van der Waals surface area contributed by atoms with E-state index in [2.05, 4.69) is 0 Å². The lowest BCUT2D eigenvalue weighted by molar-refractivity contribution is -0.137. The van der Waals surface area contributed by atoms with Crippen molar-refractivity contribution >= 4 is 17.7 Å². The van der Waals surface area contributed by atoms with Crippen molar-refractivity contribution < 1.29 is 14.6 Å². The van der Waals surface area contributed by atoms with Gasteiger partial charge in [-0.05, 0) is 36.8 Å². The Morgan fingerprint density at radius 3 is 3.00 bits per heavy atom. The van der Waals surface area contributed by atoms with Gasteiger partial charge in [-0.25, -0.2) is 0 Å². The highest BCUT2D eigenvalue weighted by Gasteiger charge is 2.10. The van der Waals surface area contributed by atoms with Crippen molar-refractivity contribution in [2.75, 3.05) is 18.1 Å². The van der Waals surface area contributed by atoms with E-state index >= 15 is 0 Å². The molecule has 0 amide bonds. The summed E-state index contributed by atoms with van der Waals surface area (Å²) in [5.74, 6) is 1.23. The molecule has 1 atom stereocenters. The lowest BCUT2D eigenvalue weighted by atomic mass is 10.2. The third-order valence-electron chi connectivity index (χ3n) is 2.31. The lowest BCUT2D eigenvalue weighted by Crippen LogP contribution is -2.32. The van der Waals surface area contributed by atoms with Gasteiger partial charge in [-0.15, -0.1) is 0 Å². The largest absolute Gasteiger partial charge is 0.494 e. The average Bonchev–Trinajstić information content (AvgIpc) is 2.33. The minimum atomic E-state index is -0.946. The van der Waals surface area contributed by atoms with Crippen LogP contribution in [0.25, 0.3) is 0 Å². The Morgan fingerprint density at radius 2 is 2.33 bits per heavy atom. The fourth-order valence-corrected chi connectivity index (χ4v) is 2.22. The van der Waals surface area contributed by atoms with Crippen molar-refractivity contribution in [1.29, 1.82) is 0 Å². The first-order chi connectivity index (χ1) is 8.59. The fraction of sp³-hybridized carbons (Fsp3) is 0.462. The van der Waals surface area contributed by atoms with Gasteiger partial charge in [-0.2, -0.15) is 11.8 Å². The number of aryl methyl sites for hydroxylation is 1. The number of nitrogens with two attached hydrogens (primary N) is 1. The van der Waals surface area contributed by atoms with Gasteiger partial charge in [0.25, 0.3) is 0 Å². The number of ether oxygens (including phenoxy) is 1. The van der Waals surface area contributed by atoms with Gasteiger partial charge in [0.05, 0.1) is 6.61 Å². The summed E-state index contributed by atoms with van der Waals surface area (Å²) in [6.07, 6.45) is 0.880. The van der Waals surface area contributed by atoms with Crippen molar-refractivity contribution in [3.63, 3.8) is 0 Å². The Bertz CT molecular complexity index is 384. The third kappa shape index (κ3) is 5.93. The first-order valence-electron chi connectivity index (χ1n) is 5.85. The maximum atomic E-state index is 10.5. The fourth-order valence-electron chi connectivity index (χ4n) is 1.34. The first-order valence-corrected chi connectivity index (χ1v) is 7.00. The highest BCUT2D eigenvalue weighted by atomic mass is 32.2. The van der Waals surface area contributed by atoms with E-state index in [0.29, 0.717) is 12.4 Å². The molecule has 0 aliphatic heterocycles. The molecule has 0 radical (unpaired) electrons. The summed E-state index contributed by atoms with van der Waals surface area (Å²) in [6, 6.07) is 7.14. The Morgan fingerprint density at radius 1 is 1.56 bits per heavy atom. The first kappa shape index (κ1) is 14.9. The van der Waals surface area contributed by atoms with Crippen LogP contribution in [0.4, 0.5) is 0 Å². The van der Waals surface area contributed by atoms with E-state index in [4.69, 9.17) is 15.6 Å². The topological polar surface area (TPSA) is 72.5 Å². The molecule has 3 N–H and O–H groups in total. The number of carboxylic acid groups (broad SMARTS) is 1. The second kappa shape index (κ2) is 8.00. The number of carboxylic acids is 1. The zero-order valence-corrected chi connectivity index (χ0v) is 11.3. The van der Waals surface area contributed by atoms with E-state index < -0.39 is 12.0 Å². The molecule has 100 valence electrons. The van der Waals surface area contributed by atoms with Crippen molar-refractivity contribution in [3.05, 3.63) is 29.8 Å². The van der Waals surface area contributed by atoms with Crippen molar-refractivity contribution in [2.45, 2.75) is 19.4 Å². The number of benzene rings is 1. The Hall–Kier alpha value is -1.20. The van der Waals surface area contributed by atoms with Crippen molar-refractivity contribution in [2.24, 2.45) is 5.73 Å².